The third kappa shape index (κ3) is 4.48. The zero-order valence-electron chi connectivity index (χ0n) is 11.4. The molecule has 1 aromatic rings. The average molecular weight is 345 g/mol. The molecule has 0 bridgehead atoms. The molecular formula is C13H17BrN2O4. The highest BCUT2D eigenvalue weighted by atomic mass is 79.9. The number of alkyl halides is 1. The molecule has 6 nitrogen and oxygen atoms in total. The van der Waals surface area contributed by atoms with E-state index in [9.17, 15) is 14.9 Å². The van der Waals surface area contributed by atoms with Gasteiger partial charge >= 0.3 is 5.69 Å². The van der Waals surface area contributed by atoms with Gasteiger partial charge in [-0.05, 0) is 18.4 Å². The van der Waals surface area contributed by atoms with Crippen LogP contribution in [0.2, 0.25) is 0 Å². The third-order valence-electron chi connectivity index (χ3n) is 2.85. The molecule has 0 radical (unpaired) electrons. The lowest BCUT2D eigenvalue weighted by Crippen LogP contribution is -2.28. The van der Waals surface area contributed by atoms with E-state index in [0.717, 1.165) is 11.8 Å². The van der Waals surface area contributed by atoms with Crippen molar-refractivity contribution >= 4 is 27.5 Å². The van der Waals surface area contributed by atoms with Crippen LogP contribution in [0.25, 0.3) is 0 Å². The molecule has 0 heterocycles. The Hall–Kier alpha value is -1.63. The largest absolute Gasteiger partial charge is 0.490 e. The van der Waals surface area contributed by atoms with E-state index >= 15 is 0 Å². The van der Waals surface area contributed by atoms with Crippen LogP contribution in [0.1, 0.15) is 23.7 Å². The quantitative estimate of drug-likeness (QED) is 0.468. The molecule has 1 atom stereocenters. The zero-order chi connectivity index (χ0) is 15.1. The van der Waals surface area contributed by atoms with E-state index in [0.29, 0.717) is 18.0 Å². The van der Waals surface area contributed by atoms with E-state index in [-0.39, 0.29) is 17.3 Å². The number of halogens is 1. The van der Waals surface area contributed by atoms with E-state index in [1.54, 1.807) is 0 Å². The van der Waals surface area contributed by atoms with Crippen molar-refractivity contribution in [2.24, 2.45) is 5.92 Å². The minimum absolute atomic E-state index is 0.0798. The number of methoxy groups -OCH3 is 1. The lowest BCUT2D eigenvalue weighted by atomic mass is 10.1. The Balaban J connectivity index is 2.76. The summed E-state index contributed by atoms with van der Waals surface area (Å²) in [5.41, 5.74) is 0.190. The van der Waals surface area contributed by atoms with E-state index in [1.165, 1.54) is 25.3 Å². The summed E-state index contributed by atoms with van der Waals surface area (Å²) in [6, 6.07) is 4.07. The fourth-order valence-corrected chi connectivity index (χ4v) is 2.41. The first-order chi connectivity index (χ1) is 9.49. The van der Waals surface area contributed by atoms with Gasteiger partial charge in [-0.3, -0.25) is 14.9 Å². The van der Waals surface area contributed by atoms with Gasteiger partial charge in [-0.25, -0.2) is 0 Å². The van der Waals surface area contributed by atoms with Crippen molar-refractivity contribution in [2.75, 3.05) is 19.0 Å². The second-order valence-electron chi connectivity index (χ2n) is 4.44. The molecule has 1 aromatic carbocycles. The normalized spacial score (nSPS) is 11.8. The van der Waals surface area contributed by atoms with Crippen LogP contribution in [0.4, 0.5) is 5.69 Å². The Kier molecular flexibility index (Phi) is 6.44. The standard InChI is InChI=1S/C13H17BrN2O4/c1-9(5-6-14)8-15-13(17)10-3-4-11(16(18)19)12(7-10)20-2/h3-4,7,9H,5-6,8H2,1-2H3,(H,15,17). The van der Waals surface area contributed by atoms with Crippen LogP contribution in [-0.2, 0) is 0 Å². The van der Waals surface area contributed by atoms with Gasteiger partial charge in [-0.15, -0.1) is 0 Å². The van der Waals surface area contributed by atoms with Gasteiger partial charge in [0.2, 0.25) is 0 Å². The van der Waals surface area contributed by atoms with Crippen molar-refractivity contribution in [3.05, 3.63) is 33.9 Å². The van der Waals surface area contributed by atoms with Crippen LogP contribution in [0.15, 0.2) is 18.2 Å². The fraction of sp³-hybridized carbons (Fsp3) is 0.462. The Bertz CT molecular complexity index is 493. The van der Waals surface area contributed by atoms with Crippen molar-refractivity contribution < 1.29 is 14.5 Å². The summed E-state index contributed by atoms with van der Waals surface area (Å²) in [7, 11) is 1.34. The number of nitro groups is 1. The topological polar surface area (TPSA) is 81.5 Å². The Labute approximate surface area is 125 Å². The summed E-state index contributed by atoms with van der Waals surface area (Å²) in [4.78, 5) is 22.2. The van der Waals surface area contributed by atoms with Gasteiger partial charge in [0, 0.05) is 29.6 Å². The number of carbonyl (C=O) groups excluding carboxylic acids is 1. The van der Waals surface area contributed by atoms with Crippen molar-refractivity contribution in [1.82, 2.24) is 5.32 Å². The van der Waals surface area contributed by atoms with Crippen LogP contribution in [0.3, 0.4) is 0 Å². The molecule has 0 saturated carbocycles. The molecule has 0 fully saturated rings. The summed E-state index contributed by atoms with van der Waals surface area (Å²) in [6.07, 6.45) is 0.962. The van der Waals surface area contributed by atoms with Crippen LogP contribution in [0, 0.1) is 16.0 Å². The first kappa shape index (κ1) is 16.4. The molecule has 0 spiro atoms. The number of rotatable bonds is 7. The first-order valence-corrected chi connectivity index (χ1v) is 7.28. The third-order valence-corrected chi connectivity index (χ3v) is 3.31. The van der Waals surface area contributed by atoms with Gasteiger partial charge in [0.15, 0.2) is 5.75 Å². The molecule has 110 valence electrons. The van der Waals surface area contributed by atoms with Crippen LogP contribution >= 0.6 is 15.9 Å². The van der Waals surface area contributed by atoms with Gasteiger partial charge in [-0.2, -0.15) is 0 Å². The van der Waals surface area contributed by atoms with Crippen LogP contribution in [0.5, 0.6) is 5.75 Å². The number of amides is 1. The first-order valence-electron chi connectivity index (χ1n) is 6.16. The van der Waals surface area contributed by atoms with Crippen molar-refractivity contribution in [1.29, 1.82) is 0 Å². The fourth-order valence-electron chi connectivity index (χ4n) is 1.63. The number of nitro benzene ring substituents is 1. The average Bonchev–Trinajstić information content (AvgIpc) is 2.44. The molecule has 0 aliphatic carbocycles. The number of nitrogens with zero attached hydrogens (tertiary/aromatic N) is 1. The predicted molar refractivity (Wildman–Crippen MR) is 79.6 cm³/mol. The van der Waals surface area contributed by atoms with Gasteiger partial charge in [0.1, 0.15) is 0 Å². The van der Waals surface area contributed by atoms with Crippen LogP contribution < -0.4 is 10.1 Å². The number of carbonyl (C=O) groups is 1. The highest BCUT2D eigenvalue weighted by Gasteiger charge is 2.17. The summed E-state index contributed by atoms with van der Waals surface area (Å²) < 4.78 is 4.93. The van der Waals surface area contributed by atoms with Crippen molar-refractivity contribution in [2.45, 2.75) is 13.3 Å². The van der Waals surface area contributed by atoms with Gasteiger partial charge in [-0.1, -0.05) is 22.9 Å². The molecule has 1 N–H and O–H groups in total. The molecule has 0 aliphatic heterocycles. The van der Waals surface area contributed by atoms with E-state index in [1.807, 2.05) is 6.92 Å². The molecular weight excluding hydrogens is 328 g/mol. The van der Waals surface area contributed by atoms with Gasteiger partial charge in [0.05, 0.1) is 12.0 Å². The maximum Gasteiger partial charge on any atom is 0.310 e. The molecule has 1 unspecified atom stereocenters. The smallest absolute Gasteiger partial charge is 0.310 e. The maximum absolute atomic E-state index is 12.0. The molecule has 1 amide bonds. The summed E-state index contributed by atoms with van der Waals surface area (Å²) >= 11 is 3.35. The second-order valence-corrected chi connectivity index (χ2v) is 5.23. The SMILES string of the molecule is COc1cc(C(=O)NCC(C)CCBr)ccc1[N+](=O)[O-]. The highest BCUT2D eigenvalue weighted by Crippen LogP contribution is 2.27. The Morgan fingerprint density at radius 2 is 2.25 bits per heavy atom. The van der Waals surface area contributed by atoms with E-state index < -0.39 is 4.92 Å². The lowest BCUT2D eigenvalue weighted by molar-refractivity contribution is -0.385. The monoisotopic (exact) mass is 344 g/mol. The summed E-state index contributed by atoms with van der Waals surface area (Å²) in [6.45, 7) is 2.60. The number of nitrogens with one attached hydrogen (secondary N) is 1. The summed E-state index contributed by atoms with van der Waals surface area (Å²) in [5, 5.41) is 14.5. The molecule has 0 saturated heterocycles. The van der Waals surface area contributed by atoms with Crippen molar-refractivity contribution in [3.8, 4) is 5.75 Å². The number of ether oxygens (including phenoxy) is 1. The molecule has 1 rings (SSSR count). The predicted octanol–water partition coefficient (Wildman–Crippen LogP) is 2.75. The summed E-state index contributed by atoms with van der Waals surface area (Å²) in [5.74, 6) is 0.175. The Morgan fingerprint density at radius 1 is 1.55 bits per heavy atom. The molecule has 0 aliphatic rings. The van der Waals surface area contributed by atoms with Gasteiger partial charge < -0.3 is 10.1 Å². The molecule has 7 heteroatoms. The maximum atomic E-state index is 12.0. The van der Waals surface area contributed by atoms with Crippen molar-refractivity contribution in [3.63, 3.8) is 0 Å². The van der Waals surface area contributed by atoms with E-state index in [2.05, 4.69) is 21.2 Å². The second kappa shape index (κ2) is 7.84. The number of hydrogen-bond acceptors (Lipinski definition) is 4. The number of hydrogen-bond donors (Lipinski definition) is 1. The Morgan fingerprint density at radius 3 is 2.80 bits per heavy atom. The number of benzene rings is 1. The highest BCUT2D eigenvalue weighted by molar-refractivity contribution is 9.09. The van der Waals surface area contributed by atoms with Crippen LogP contribution in [-0.4, -0.2) is 29.8 Å². The lowest BCUT2D eigenvalue weighted by Gasteiger charge is -2.11. The molecule has 20 heavy (non-hydrogen) atoms. The van der Waals surface area contributed by atoms with Gasteiger partial charge in [0.25, 0.3) is 5.91 Å². The minimum Gasteiger partial charge on any atom is -0.490 e. The minimum atomic E-state index is -0.543. The zero-order valence-corrected chi connectivity index (χ0v) is 13.0. The van der Waals surface area contributed by atoms with E-state index in [4.69, 9.17) is 4.74 Å². The molecule has 0 aromatic heterocycles.